The van der Waals surface area contributed by atoms with Crippen molar-refractivity contribution in [3.63, 3.8) is 0 Å². The van der Waals surface area contributed by atoms with Crippen LogP contribution in [-0.4, -0.2) is 37.5 Å². The Morgan fingerprint density at radius 1 is 1.39 bits per heavy atom. The van der Waals surface area contributed by atoms with Gasteiger partial charge in [-0.05, 0) is 30.7 Å². The lowest BCUT2D eigenvalue weighted by Crippen LogP contribution is -2.29. The second-order valence-electron chi connectivity index (χ2n) is 4.01. The maximum Gasteiger partial charge on any atom is 0.307 e. The van der Waals surface area contributed by atoms with Crippen molar-refractivity contribution in [2.75, 3.05) is 20.7 Å². The predicted molar refractivity (Wildman–Crippen MR) is 64.7 cm³/mol. The van der Waals surface area contributed by atoms with Gasteiger partial charge in [0.15, 0.2) is 0 Å². The van der Waals surface area contributed by atoms with Gasteiger partial charge in [0.1, 0.15) is 5.82 Å². The summed E-state index contributed by atoms with van der Waals surface area (Å²) in [5.74, 6) is -0.983. The van der Waals surface area contributed by atoms with Crippen LogP contribution in [0.15, 0.2) is 18.2 Å². The molecular formula is C13H16FNO3. The van der Waals surface area contributed by atoms with Gasteiger partial charge in [0.05, 0.1) is 13.5 Å². The number of nitrogens with zero attached hydrogens (tertiary/aromatic N) is 1. The highest BCUT2D eigenvalue weighted by atomic mass is 19.1. The maximum absolute atomic E-state index is 12.9. The molecule has 1 aromatic carbocycles. The molecule has 1 aromatic rings. The smallest absolute Gasteiger partial charge is 0.307 e. The summed E-state index contributed by atoms with van der Waals surface area (Å²) in [6.07, 6.45) is 0.138. The molecule has 0 aliphatic carbocycles. The van der Waals surface area contributed by atoms with Gasteiger partial charge in [-0.2, -0.15) is 0 Å². The fourth-order valence-electron chi connectivity index (χ4n) is 1.54. The number of carbonyl (C=O) groups excluding carboxylic acids is 2. The summed E-state index contributed by atoms with van der Waals surface area (Å²) in [5.41, 5.74) is 1.01. The standard InChI is InChI=1S/C13H16FNO3/c1-9-8-10(14)4-5-11(9)13(17)15(2)7-6-12(16)18-3/h4-5,8H,6-7H2,1-3H3. The third-order valence-electron chi connectivity index (χ3n) is 2.64. The number of rotatable bonds is 4. The molecule has 0 unspecified atom stereocenters. The minimum Gasteiger partial charge on any atom is -0.469 e. The van der Waals surface area contributed by atoms with Crippen molar-refractivity contribution in [1.29, 1.82) is 0 Å². The van der Waals surface area contributed by atoms with E-state index in [9.17, 15) is 14.0 Å². The molecule has 18 heavy (non-hydrogen) atoms. The molecule has 4 nitrogen and oxygen atoms in total. The summed E-state index contributed by atoms with van der Waals surface area (Å²) in [6, 6.07) is 4.00. The molecule has 0 saturated heterocycles. The second kappa shape index (κ2) is 6.14. The number of amides is 1. The average molecular weight is 253 g/mol. The fraction of sp³-hybridized carbons (Fsp3) is 0.385. The first-order valence-electron chi connectivity index (χ1n) is 5.54. The number of aryl methyl sites for hydroxylation is 1. The van der Waals surface area contributed by atoms with Crippen LogP contribution in [0.4, 0.5) is 4.39 Å². The first-order valence-corrected chi connectivity index (χ1v) is 5.54. The number of halogens is 1. The normalized spacial score (nSPS) is 10.0. The van der Waals surface area contributed by atoms with Gasteiger partial charge < -0.3 is 9.64 Å². The van der Waals surface area contributed by atoms with Gasteiger partial charge in [0.2, 0.25) is 0 Å². The molecule has 98 valence electrons. The monoisotopic (exact) mass is 253 g/mol. The lowest BCUT2D eigenvalue weighted by Gasteiger charge is -2.17. The van der Waals surface area contributed by atoms with Crippen molar-refractivity contribution in [2.45, 2.75) is 13.3 Å². The molecule has 1 amide bonds. The molecule has 0 saturated carbocycles. The lowest BCUT2D eigenvalue weighted by atomic mass is 10.1. The molecule has 0 aliphatic heterocycles. The van der Waals surface area contributed by atoms with E-state index in [1.54, 1.807) is 14.0 Å². The van der Waals surface area contributed by atoms with Crippen LogP contribution in [-0.2, 0) is 9.53 Å². The number of ether oxygens (including phenoxy) is 1. The Morgan fingerprint density at radius 2 is 2.06 bits per heavy atom. The van der Waals surface area contributed by atoms with E-state index in [0.29, 0.717) is 11.1 Å². The minimum absolute atomic E-state index is 0.138. The van der Waals surface area contributed by atoms with E-state index in [1.807, 2.05) is 0 Å². The molecule has 5 heteroatoms. The van der Waals surface area contributed by atoms with Crippen molar-refractivity contribution < 1.29 is 18.7 Å². The molecule has 0 bridgehead atoms. The maximum atomic E-state index is 12.9. The molecule has 0 aliphatic rings. The largest absolute Gasteiger partial charge is 0.469 e. The van der Waals surface area contributed by atoms with Crippen molar-refractivity contribution in [1.82, 2.24) is 4.90 Å². The van der Waals surface area contributed by atoms with E-state index >= 15 is 0 Å². The summed E-state index contributed by atoms with van der Waals surface area (Å²) in [7, 11) is 2.89. The Morgan fingerprint density at radius 3 is 2.61 bits per heavy atom. The van der Waals surface area contributed by atoms with Crippen LogP contribution in [0.25, 0.3) is 0 Å². The third-order valence-corrected chi connectivity index (χ3v) is 2.64. The van der Waals surface area contributed by atoms with Crippen LogP contribution in [0.2, 0.25) is 0 Å². The number of methoxy groups -OCH3 is 1. The summed E-state index contributed by atoms with van der Waals surface area (Å²) >= 11 is 0. The van der Waals surface area contributed by atoms with Crippen molar-refractivity contribution in [3.8, 4) is 0 Å². The van der Waals surface area contributed by atoms with E-state index in [4.69, 9.17) is 0 Å². The fourth-order valence-corrected chi connectivity index (χ4v) is 1.54. The van der Waals surface area contributed by atoms with Gasteiger partial charge in [-0.15, -0.1) is 0 Å². The topological polar surface area (TPSA) is 46.6 Å². The van der Waals surface area contributed by atoms with E-state index in [1.165, 1.54) is 30.2 Å². The molecule has 0 aromatic heterocycles. The molecular weight excluding hydrogens is 237 g/mol. The lowest BCUT2D eigenvalue weighted by molar-refractivity contribution is -0.140. The SMILES string of the molecule is COC(=O)CCN(C)C(=O)c1ccc(F)cc1C. The molecule has 0 spiro atoms. The van der Waals surface area contributed by atoms with E-state index in [0.717, 1.165) is 0 Å². The van der Waals surface area contributed by atoms with Crippen LogP contribution >= 0.6 is 0 Å². The van der Waals surface area contributed by atoms with Crippen molar-refractivity contribution in [2.24, 2.45) is 0 Å². The second-order valence-corrected chi connectivity index (χ2v) is 4.01. The van der Waals surface area contributed by atoms with Crippen LogP contribution in [0, 0.1) is 12.7 Å². The van der Waals surface area contributed by atoms with Crippen molar-refractivity contribution in [3.05, 3.63) is 35.1 Å². The predicted octanol–water partition coefficient (Wildman–Crippen LogP) is 1.77. The quantitative estimate of drug-likeness (QED) is 0.768. The first kappa shape index (κ1) is 14.2. The molecule has 0 atom stereocenters. The molecule has 1 rings (SSSR count). The van der Waals surface area contributed by atoms with Crippen LogP contribution in [0.3, 0.4) is 0 Å². The minimum atomic E-state index is -0.374. The highest BCUT2D eigenvalue weighted by Crippen LogP contribution is 2.12. The number of hydrogen-bond acceptors (Lipinski definition) is 3. The third kappa shape index (κ3) is 3.55. The number of hydrogen-bond donors (Lipinski definition) is 0. The zero-order valence-electron chi connectivity index (χ0n) is 10.7. The molecule has 0 N–H and O–H groups in total. The van der Waals surface area contributed by atoms with Gasteiger partial charge in [-0.1, -0.05) is 0 Å². The molecule has 0 fully saturated rings. The Kier molecular flexibility index (Phi) is 4.83. The zero-order valence-corrected chi connectivity index (χ0v) is 10.7. The Hall–Kier alpha value is -1.91. The van der Waals surface area contributed by atoms with Gasteiger partial charge >= 0.3 is 5.97 Å². The van der Waals surface area contributed by atoms with Crippen LogP contribution in [0.5, 0.6) is 0 Å². The highest BCUT2D eigenvalue weighted by Gasteiger charge is 2.15. The number of carbonyl (C=O) groups is 2. The number of esters is 1. The number of benzene rings is 1. The average Bonchev–Trinajstić information content (AvgIpc) is 2.34. The summed E-state index contributed by atoms with van der Waals surface area (Å²) in [6.45, 7) is 1.94. The van der Waals surface area contributed by atoms with Crippen LogP contribution in [0.1, 0.15) is 22.3 Å². The van der Waals surface area contributed by atoms with Crippen molar-refractivity contribution >= 4 is 11.9 Å². The summed E-state index contributed by atoms with van der Waals surface area (Å²) in [4.78, 5) is 24.4. The Balaban J connectivity index is 2.71. The van der Waals surface area contributed by atoms with Gasteiger partial charge in [0, 0.05) is 19.2 Å². The van der Waals surface area contributed by atoms with Gasteiger partial charge in [-0.3, -0.25) is 9.59 Å². The summed E-state index contributed by atoms with van der Waals surface area (Å²) < 4.78 is 17.4. The molecule has 0 heterocycles. The van der Waals surface area contributed by atoms with E-state index in [-0.39, 0.29) is 30.7 Å². The Labute approximate surface area is 105 Å². The highest BCUT2D eigenvalue weighted by molar-refractivity contribution is 5.95. The molecule has 0 radical (unpaired) electrons. The van der Waals surface area contributed by atoms with Gasteiger partial charge in [-0.25, -0.2) is 4.39 Å². The van der Waals surface area contributed by atoms with Crippen LogP contribution < -0.4 is 0 Å². The first-order chi connectivity index (χ1) is 8.45. The van der Waals surface area contributed by atoms with Gasteiger partial charge in [0.25, 0.3) is 5.91 Å². The Bertz CT molecular complexity index is 460. The summed E-state index contributed by atoms with van der Waals surface area (Å²) in [5, 5.41) is 0. The zero-order chi connectivity index (χ0) is 13.7. The van der Waals surface area contributed by atoms with E-state index in [2.05, 4.69) is 4.74 Å². The van der Waals surface area contributed by atoms with E-state index < -0.39 is 0 Å².